The lowest BCUT2D eigenvalue weighted by Gasteiger charge is -2.44. The van der Waals surface area contributed by atoms with E-state index >= 15 is 0 Å². The molecule has 0 radical (unpaired) electrons. The average Bonchev–Trinajstić information content (AvgIpc) is 2.52. The number of ether oxygens (including phenoxy) is 2. The molecule has 2 rings (SSSR count). The summed E-state index contributed by atoms with van der Waals surface area (Å²) in [5.41, 5.74) is 0. The Morgan fingerprint density at radius 2 is 1.55 bits per heavy atom. The highest BCUT2D eigenvalue weighted by molar-refractivity contribution is 4.96. The predicted molar refractivity (Wildman–Crippen MR) is 70.7 cm³/mol. The van der Waals surface area contributed by atoms with Gasteiger partial charge in [-0.05, 0) is 6.42 Å². The van der Waals surface area contributed by atoms with Gasteiger partial charge in [-0.1, -0.05) is 0 Å². The number of hydrogen-bond donors (Lipinski definition) is 7. The smallest absolute Gasteiger partial charge is 0.115 e. The molecule has 9 unspecified atom stereocenters. The van der Waals surface area contributed by atoms with E-state index in [1.165, 1.54) is 0 Å². The maximum atomic E-state index is 10.00. The molecule has 9 heteroatoms. The molecule has 1 saturated heterocycles. The fourth-order valence-electron chi connectivity index (χ4n) is 2.98. The van der Waals surface area contributed by atoms with Gasteiger partial charge in [0.2, 0.25) is 0 Å². The molecule has 9 atom stereocenters. The topological polar surface area (TPSA) is 160 Å². The van der Waals surface area contributed by atoms with Gasteiger partial charge in [-0.2, -0.15) is 0 Å². The van der Waals surface area contributed by atoms with E-state index in [0.717, 1.165) is 0 Å². The van der Waals surface area contributed by atoms with Crippen molar-refractivity contribution in [3.8, 4) is 0 Å². The van der Waals surface area contributed by atoms with Gasteiger partial charge in [0.25, 0.3) is 0 Å². The Kier molecular flexibility index (Phi) is 6.11. The first-order valence-corrected chi connectivity index (χ1v) is 7.29. The highest BCUT2D eigenvalue weighted by Crippen LogP contribution is 2.30. The van der Waals surface area contributed by atoms with E-state index < -0.39 is 68.0 Å². The normalized spacial score (nSPS) is 50.0. The Hall–Kier alpha value is -0.360. The lowest BCUT2D eigenvalue weighted by Crippen LogP contribution is -2.60. The number of hydrogen-bond acceptors (Lipinski definition) is 9. The molecule has 130 valence electrons. The molecular weight excluding hydrogens is 300 g/mol. The molecule has 2 fully saturated rings. The van der Waals surface area contributed by atoms with E-state index in [1.807, 2.05) is 0 Å². The van der Waals surface area contributed by atoms with Crippen LogP contribution in [-0.4, -0.2) is 104 Å². The maximum absolute atomic E-state index is 10.00. The van der Waals surface area contributed by atoms with Crippen molar-refractivity contribution in [3.05, 3.63) is 0 Å². The van der Waals surface area contributed by atoms with Crippen LogP contribution >= 0.6 is 0 Å². The Labute approximate surface area is 127 Å². The monoisotopic (exact) mass is 324 g/mol. The molecule has 0 bridgehead atoms. The van der Waals surface area contributed by atoms with Crippen LogP contribution in [0.2, 0.25) is 0 Å². The van der Waals surface area contributed by atoms with E-state index in [4.69, 9.17) is 9.47 Å². The van der Waals surface area contributed by atoms with Gasteiger partial charge in [0.05, 0.1) is 25.4 Å². The van der Waals surface area contributed by atoms with Crippen molar-refractivity contribution < 1.29 is 45.2 Å². The minimum Gasteiger partial charge on any atom is -0.396 e. The summed E-state index contributed by atoms with van der Waals surface area (Å²) in [6, 6.07) is 0. The number of aliphatic hydroxyl groups excluding tert-OH is 7. The minimum atomic E-state index is -1.50. The summed E-state index contributed by atoms with van der Waals surface area (Å²) in [5.74, 6) is -0.692. The quantitative estimate of drug-likeness (QED) is 0.273. The summed E-state index contributed by atoms with van der Waals surface area (Å²) in [6.45, 7) is -1.01. The zero-order valence-corrected chi connectivity index (χ0v) is 12.0. The van der Waals surface area contributed by atoms with E-state index in [-0.39, 0.29) is 13.0 Å². The molecule has 1 aliphatic carbocycles. The summed E-state index contributed by atoms with van der Waals surface area (Å²) >= 11 is 0. The highest BCUT2D eigenvalue weighted by Gasteiger charge is 2.47. The van der Waals surface area contributed by atoms with Gasteiger partial charge in [-0.15, -0.1) is 0 Å². The summed E-state index contributed by atoms with van der Waals surface area (Å²) in [7, 11) is 0. The third kappa shape index (κ3) is 3.42. The first-order valence-electron chi connectivity index (χ1n) is 7.29. The predicted octanol–water partition coefficient (Wildman–Crippen LogP) is -4.05. The van der Waals surface area contributed by atoms with Gasteiger partial charge in [-0.25, -0.2) is 0 Å². The maximum Gasteiger partial charge on any atom is 0.115 e. The number of aliphatic hydroxyl groups is 7. The van der Waals surface area contributed by atoms with Crippen LogP contribution in [0.5, 0.6) is 0 Å². The lowest BCUT2D eigenvalue weighted by atomic mass is 9.81. The van der Waals surface area contributed by atoms with Crippen LogP contribution in [0.15, 0.2) is 0 Å². The zero-order chi connectivity index (χ0) is 16.4. The first-order chi connectivity index (χ1) is 10.4. The molecular formula is C13H24O9. The van der Waals surface area contributed by atoms with Crippen molar-refractivity contribution in [1.29, 1.82) is 0 Å². The second-order valence-electron chi connectivity index (χ2n) is 5.90. The van der Waals surface area contributed by atoms with E-state index in [2.05, 4.69) is 0 Å². The van der Waals surface area contributed by atoms with Crippen LogP contribution in [0.4, 0.5) is 0 Å². The standard InChI is InChI=1S/C13H24O9/c14-2-5-1-7(11(19)12(20)9(5)17)22-13-8(3-15)21-4-6(16)10(13)18/h5-20H,1-4H2. The largest absolute Gasteiger partial charge is 0.396 e. The van der Waals surface area contributed by atoms with Gasteiger partial charge < -0.3 is 45.2 Å². The number of rotatable bonds is 4. The molecule has 1 saturated carbocycles. The molecule has 9 nitrogen and oxygen atoms in total. The van der Waals surface area contributed by atoms with Crippen molar-refractivity contribution >= 4 is 0 Å². The van der Waals surface area contributed by atoms with Gasteiger partial charge in [0, 0.05) is 12.5 Å². The third-order valence-electron chi connectivity index (χ3n) is 4.42. The van der Waals surface area contributed by atoms with Crippen LogP contribution < -0.4 is 0 Å². The van der Waals surface area contributed by atoms with Crippen molar-refractivity contribution in [2.45, 2.75) is 55.3 Å². The SMILES string of the molecule is OCC1CC(OC2C(CO)OCC(O)C2O)C(O)C(O)C1O. The molecule has 0 amide bonds. The van der Waals surface area contributed by atoms with Crippen LogP contribution in [-0.2, 0) is 9.47 Å². The first kappa shape index (κ1) is 18.0. The van der Waals surface area contributed by atoms with Crippen LogP contribution in [0.3, 0.4) is 0 Å². The molecule has 1 heterocycles. The van der Waals surface area contributed by atoms with Crippen molar-refractivity contribution in [2.75, 3.05) is 19.8 Å². The van der Waals surface area contributed by atoms with Gasteiger partial charge >= 0.3 is 0 Å². The van der Waals surface area contributed by atoms with Gasteiger partial charge in [0.15, 0.2) is 0 Å². The molecule has 22 heavy (non-hydrogen) atoms. The summed E-state index contributed by atoms with van der Waals surface area (Å²) < 4.78 is 10.7. The fraction of sp³-hybridized carbons (Fsp3) is 1.00. The molecule has 0 aromatic heterocycles. The molecule has 0 aromatic carbocycles. The van der Waals surface area contributed by atoms with E-state index in [1.54, 1.807) is 0 Å². The highest BCUT2D eigenvalue weighted by atomic mass is 16.6. The minimum absolute atomic E-state index is 0.0490. The Morgan fingerprint density at radius 3 is 2.14 bits per heavy atom. The van der Waals surface area contributed by atoms with Gasteiger partial charge in [-0.3, -0.25) is 0 Å². The van der Waals surface area contributed by atoms with Crippen LogP contribution in [0.1, 0.15) is 6.42 Å². The van der Waals surface area contributed by atoms with Crippen molar-refractivity contribution in [2.24, 2.45) is 5.92 Å². The fourth-order valence-corrected chi connectivity index (χ4v) is 2.98. The average molecular weight is 324 g/mol. The molecule has 0 spiro atoms. The second kappa shape index (κ2) is 7.47. The summed E-state index contributed by atoms with van der Waals surface area (Å²) in [5, 5.41) is 67.6. The summed E-state index contributed by atoms with van der Waals surface area (Å²) in [4.78, 5) is 0. The summed E-state index contributed by atoms with van der Waals surface area (Å²) in [6.07, 6.45) is -9.67. The lowest BCUT2D eigenvalue weighted by molar-refractivity contribution is -0.255. The van der Waals surface area contributed by atoms with E-state index in [0.29, 0.717) is 0 Å². The van der Waals surface area contributed by atoms with Crippen LogP contribution in [0.25, 0.3) is 0 Å². The zero-order valence-electron chi connectivity index (χ0n) is 12.0. The van der Waals surface area contributed by atoms with Crippen molar-refractivity contribution in [3.63, 3.8) is 0 Å². The Balaban J connectivity index is 2.09. The molecule has 0 aromatic rings. The van der Waals surface area contributed by atoms with Crippen LogP contribution in [0, 0.1) is 5.92 Å². The van der Waals surface area contributed by atoms with Crippen molar-refractivity contribution in [1.82, 2.24) is 0 Å². The second-order valence-corrected chi connectivity index (χ2v) is 5.90. The Morgan fingerprint density at radius 1 is 0.864 bits per heavy atom. The van der Waals surface area contributed by atoms with Gasteiger partial charge in [0.1, 0.15) is 36.6 Å². The third-order valence-corrected chi connectivity index (χ3v) is 4.42. The molecule has 2 aliphatic rings. The Bertz CT molecular complexity index is 350. The van der Waals surface area contributed by atoms with E-state index in [9.17, 15) is 35.7 Å². The molecule has 1 aliphatic heterocycles. The molecule has 7 N–H and O–H groups in total.